The summed E-state index contributed by atoms with van der Waals surface area (Å²) in [4.78, 5) is 103. The van der Waals surface area contributed by atoms with E-state index in [4.69, 9.17) is 29.8 Å². The Morgan fingerprint density at radius 1 is 0.806 bits per heavy atom. The van der Waals surface area contributed by atoms with Gasteiger partial charge in [0, 0.05) is 18.8 Å². The van der Waals surface area contributed by atoms with E-state index < -0.39 is 115 Å². The fourth-order valence-corrected chi connectivity index (χ4v) is 6.07. The molecular formula is C43H58N6O13. The molecule has 19 heteroatoms. The van der Waals surface area contributed by atoms with Crippen LogP contribution in [0.2, 0.25) is 0 Å². The van der Waals surface area contributed by atoms with Crippen molar-refractivity contribution in [3.63, 3.8) is 0 Å². The molecule has 0 radical (unpaired) electrons. The van der Waals surface area contributed by atoms with Gasteiger partial charge in [0.15, 0.2) is 5.72 Å². The molecule has 0 spiro atoms. The maximum absolute atomic E-state index is 13.5. The summed E-state index contributed by atoms with van der Waals surface area (Å²) >= 11 is 0. The van der Waals surface area contributed by atoms with E-state index in [1.54, 1.807) is 41.5 Å². The maximum atomic E-state index is 13.5. The predicted octanol–water partition coefficient (Wildman–Crippen LogP) is 1.91. The lowest BCUT2D eigenvalue weighted by Gasteiger charge is -2.30. The highest BCUT2D eigenvalue weighted by atomic mass is 16.6. The molecule has 19 nitrogen and oxygen atoms in total. The zero-order valence-corrected chi connectivity index (χ0v) is 36.1. The molecule has 8 N–H and O–H groups in total. The van der Waals surface area contributed by atoms with Crippen molar-refractivity contribution in [2.75, 3.05) is 26.4 Å². The number of fused-ring (bicyclic) bond motifs is 3. The van der Waals surface area contributed by atoms with Crippen LogP contribution in [0.4, 0.5) is 4.79 Å². The van der Waals surface area contributed by atoms with E-state index in [0.717, 1.165) is 22.3 Å². The fraction of sp³-hybridized carbons (Fsp3) is 0.488. The third-order valence-electron chi connectivity index (χ3n) is 9.04. The van der Waals surface area contributed by atoms with E-state index in [9.17, 15) is 38.4 Å². The minimum atomic E-state index is -2.18. The number of hydrogen-bond acceptors (Lipinski definition) is 13. The monoisotopic (exact) mass is 866 g/mol. The minimum Gasteiger partial charge on any atom is -0.481 e. The quantitative estimate of drug-likeness (QED) is 0.0537. The van der Waals surface area contributed by atoms with Crippen molar-refractivity contribution in [3.05, 3.63) is 72.3 Å². The number of esters is 1. The Morgan fingerprint density at radius 3 is 1.95 bits per heavy atom. The first-order valence-electron chi connectivity index (χ1n) is 19.9. The number of carboxylic acids is 1. The Bertz CT molecular complexity index is 1950. The third kappa shape index (κ3) is 15.7. The van der Waals surface area contributed by atoms with Gasteiger partial charge in [-0.3, -0.25) is 44.6 Å². The van der Waals surface area contributed by atoms with E-state index in [1.165, 1.54) is 13.0 Å². The zero-order chi connectivity index (χ0) is 46.4. The van der Waals surface area contributed by atoms with Crippen molar-refractivity contribution in [1.82, 2.24) is 26.6 Å². The van der Waals surface area contributed by atoms with Crippen molar-refractivity contribution in [1.29, 1.82) is 0 Å². The van der Waals surface area contributed by atoms with Crippen LogP contribution in [0.3, 0.4) is 0 Å². The molecule has 3 rings (SSSR count). The van der Waals surface area contributed by atoms with Gasteiger partial charge in [0.1, 0.15) is 30.3 Å². The summed E-state index contributed by atoms with van der Waals surface area (Å²) in [5.41, 5.74) is 6.13. The van der Waals surface area contributed by atoms with Gasteiger partial charge in [0.2, 0.25) is 17.7 Å². The second-order valence-corrected chi connectivity index (χ2v) is 16.5. The molecule has 338 valence electrons. The molecule has 0 unspecified atom stereocenters. The molecule has 0 aromatic heterocycles. The number of amides is 6. The first kappa shape index (κ1) is 50.2. The number of hydrogen-bond donors (Lipinski definition) is 7. The third-order valence-corrected chi connectivity index (χ3v) is 9.04. The molecular weight excluding hydrogens is 809 g/mol. The molecule has 1 aliphatic rings. The number of carbonyl (C=O) groups excluding carboxylic acids is 7. The average molecular weight is 867 g/mol. The molecule has 0 heterocycles. The van der Waals surface area contributed by atoms with Crippen LogP contribution in [0.5, 0.6) is 0 Å². The van der Waals surface area contributed by atoms with E-state index in [2.05, 4.69) is 33.2 Å². The summed E-state index contributed by atoms with van der Waals surface area (Å²) in [6.45, 7) is 13.1. The van der Waals surface area contributed by atoms with Crippen LogP contribution in [0.1, 0.15) is 84.8 Å². The molecule has 6 amide bonds. The second kappa shape index (κ2) is 22.1. The molecule has 0 saturated heterocycles. The van der Waals surface area contributed by atoms with Crippen molar-refractivity contribution in [2.45, 2.75) is 109 Å². The van der Waals surface area contributed by atoms with Crippen LogP contribution < -0.4 is 32.3 Å². The summed E-state index contributed by atoms with van der Waals surface area (Å²) in [7, 11) is 0. The number of aliphatic carboxylic acids is 1. The van der Waals surface area contributed by atoms with Gasteiger partial charge in [-0.25, -0.2) is 4.79 Å². The number of rotatable bonds is 21. The van der Waals surface area contributed by atoms with E-state index >= 15 is 0 Å². The molecule has 2 aromatic carbocycles. The van der Waals surface area contributed by atoms with Gasteiger partial charge in [-0.1, -0.05) is 54.6 Å². The van der Waals surface area contributed by atoms with Gasteiger partial charge in [0.05, 0.1) is 31.8 Å². The van der Waals surface area contributed by atoms with Crippen molar-refractivity contribution < 1.29 is 62.4 Å². The number of nitrogens with one attached hydrogen (secondary N) is 5. The fourth-order valence-electron chi connectivity index (χ4n) is 6.07. The molecule has 4 atom stereocenters. The van der Waals surface area contributed by atoms with Gasteiger partial charge < -0.3 is 45.3 Å². The topological polar surface area (TPSA) is 280 Å². The Kier molecular flexibility index (Phi) is 17.9. The molecule has 0 bridgehead atoms. The van der Waals surface area contributed by atoms with Gasteiger partial charge in [-0.05, 0) is 70.7 Å². The molecule has 1 aliphatic carbocycles. The van der Waals surface area contributed by atoms with Gasteiger partial charge >= 0.3 is 18.0 Å². The Balaban J connectivity index is 1.66. The summed E-state index contributed by atoms with van der Waals surface area (Å²) < 4.78 is 21.8. The Labute approximate surface area is 360 Å². The standard InChI is InChI=1S/C43H58N6O13/c1-9-20-60-43(44,19-18-34(51)52)39(57)48-32(24-61-41(3,4)5)37(55)45-22-33(50)47-31(21-35(53)62-42(6,7)8)38(56)46-25(2)36(54)49-40(58)59-23-30-28-16-12-10-14-26(28)27-15-11-13-17-29(27)30/h9-17,25,30-32H,1,18-24,44H2,2-8H3,(H,45,55)(H,46,56)(H,47,50)(H,48,57)(H,51,52)(H,49,54,58)/t25-,31+,32-,43-/m1/s1. The maximum Gasteiger partial charge on any atom is 0.413 e. The first-order valence-corrected chi connectivity index (χ1v) is 19.9. The van der Waals surface area contributed by atoms with E-state index in [1.807, 2.05) is 48.5 Å². The number of nitrogens with two attached hydrogens (primary N) is 1. The lowest BCUT2D eigenvalue weighted by atomic mass is 9.98. The first-order chi connectivity index (χ1) is 28.9. The van der Waals surface area contributed by atoms with Gasteiger partial charge in [-0.2, -0.15) is 0 Å². The zero-order valence-electron chi connectivity index (χ0n) is 36.1. The number of carbonyl (C=O) groups is 8. The highest BCUT2D eigenvalue weighted by Crippen LogP contribution is 2.44. The molecule has 0 fully saturated rings. The smallest absolute Gasteiger partial charge is 0.413 e. The number of imide groups is 1. The Morgan fingerprint density at radius 2 is 1.40 bits per heavy atom. The van der Waals surface area contributed by atoms with Crippen LogP contribution >= 0.6 is 0 Å². The van der Waals surface area contributed by atoms with Crippen LogP contribution in [0.15, 0.2) is 61.2 Å². The molecule has 0 aliphatic heterocycles. The van der Waals surface area contributed by atoms with Crippen molar-refractivity contribution in [2.24, 2.45) is 5.73 Å². The van der Waals surface area contributed by atoms with E-state index in [0.29, 0.717) is 0 Å². The highest BCUT2D eigenvalue weighted by Gasteiger charge is 2.39. The summed E-state index contributed by atoms with van der Waals surface area (Å²) in [6.07, 6.45) is -1.47. The lowest BCUT2D eigenvalue weighted by molar-refractivity contribution is -0.156. The van der Waals surface area contributed by atoms with Crippen molar-refractivity contribution >= 4 is 47.6 Å². The largest absolute Gasteiger partial charge is 0.481 e. The summed E-state index contributed by atoms with van der Waals surface area (Å²) in [6, 6.07) is 10.9. The summed E-state index contributed by atoms with van der Waals surface area (Å²) in [5.74, 6) is -7.31. The van der Waals surface area contributed by atoms with Crippen LogP contribution in [0, 0.1) is 0 Å². The highest BCUT2D eigenvalue weighted by molar-refractivity contribution is 5.99. The van der Waals surface area contributed by atoms with Gasteiger partial charge in [0.25, 0.3) is 11.8 Å². The lowest BCUT2D eigenvalue weighted by Crippen LogP contribution is -2.62. The SMILES string of the molecule is C=CCO[C@](N)(CCC(=O)O)C(=O)N[C@H](COC(C)(C)C)C(=O)NCC(=O)N[C@@H](CC(=O)OC(C)(C)C)C(=O)N[C@H](C)C(=O)NC(=O)OCC1c2ccccc2-c2ccccc21. The molecule has 2 aromatic rings. The molecule has 0 saturated carbocycles. The number of alkyl carbamates (subject to hydrolysis) is 1. The van der Waals surface area contributed by atoms with Crippen LogP contribution in [-0.2, 0) is 52.5 Å². The van der Waals surface area contributed by atoms with Crippen LogP contribution in [0.25, 0.3) is 11.1 Å². The van der Waals surface area contributed by atoms with Crippen LogP contribution in [-0.4, -0.2) is 114 Å². The number of carboxylic acid groups (broad SMARTS) is 1. The number of ether oxygens (including phenoxy) is 4. The normalized spacial score (nSPS) is 14.6. The minimum absolute atomic E-state index is 0.0735. The van der Waals surface area contributed by atoms with E-state index in [-0.39, 0.29) is 19.1 Å². The predicted molar refractivity (Wildman–Crippen MR) is 224 cm³/mol. The van der Waals surface area contributed by atoms with Crippen molar-refractivity contribution in [3.8, 4) is 11.1 Å². The average Bonchev–Trinajstić information content (AvgIpc) is 3.50. The van der Waals surface area contributed by atoms with Gasteiger partial charge in [-0.15, -0.1) is 6.58 Å². The number of benzene rings is 2. The molecule has 62 heavy (non-hydrogen) atoms. The Hall–Kier alpha value is -6.18. The second-order valence-electron chi connectivity index (χ2n) is 16.5. The summed E-state index contributed by atoms with van der Waals surface area (Å²) in [5, 5.41) is 20.7.